The van der Waals surface area contributed by atoms with Crippen molar-refractivity contribution in [3.63, 3.8) is 0 Å². The predicted molar refractivity (Wildman–Crippen MR) is 72.3 cm³/mol. The number of nitrogens with zero attached hydrogens (tertiary/aromatic N) is 1. The molecule has 1 aromatic rings. The summed E-state index contributed by atoms with van der Waals surface area (Å²) in [5, 5.41) is 4.12. The smallest absolute Gasteiger partial charge is 0.427 e. The third-order valence-corrected chi connectivity index (χ3v) is 2.38. The van der Waals surface area contributed by atoms with Crippen LogP contribution in [0.15, 0.2) is 17.2 Å². The Morgan fingerprint density at radius 3 is 2.74 bits per heavy atom. The van der Waals surface area contributed by atoms with Gasteiger partial charge in [-0.15, -0.1) is 0 Å². The number of amides is 1. The highest BCUT2D eigenvalue weighted by Crippen LogP contribution is 2.35. The lowest BCUT2D eigenvalue weighted by Crippen LogP contribution is -2.18. The van der Waals surface area contributed by atoms with E-state index in [1.807, 2.05) is 0 Å². The fourth-order valence-electron chi connectivity index (χ4n) is 1.34. The van der Waals surface area contributed by atoms with Crippen molar-refractivity contribution in [2.45, 2.75) is 6.92 Å². The van der Waals surface area contributed by atoms with Gasteiger partial charge in [0, 0.05) is 0 Å². The normalized spacial score (nSPS) is 10.3. The number of carbonyl (C=O) groups is 1. The molecule has 0 radical (unpaired) electrons. The summed E-state index contributed by atoms with van der Waals surface area (Å²) in [4.78, 5) is 11.0. The number of methoxy groups -OCH3 is 2. The number of halogens is 1. The molecule has 19 heavy (non-hydrogen) atoms. The van der Waals surface area contributed by atoms with E-state index in [1.54, 1.807) is 19.1 Å². The number of hydrogen-bond acceptors (Lipinski definition) is 5. The molecule has 1 aromatic carbocycles. The molecule has 7 heteroatoms. The molecular formula is C12H15ClN2O4. The lowest BCUT2D eigenvalue weighted by atomic mass is 10.2. The van der Waals surface area contributed by atoms with Crippen LogP contribution < -0.4 is 14.9 Å². The van der Waals surface area contributed by atoms with Crippen LogP contribution in [-0.2, 0) is 4.74 Å². The molecule has 0 aliphatic rings. The number of carbonyl (C=O) groups excluding carboxylic acids is 1. The Bertz CT molecular complexity index is 477. The third-order valence-electron chi connectivity index (χ3n) is 2.10. The van der Waals surface area contributed by atoms with Gasteiger partial charge in [-0.3, -0.25) is 0 Å². The van der Waals surface area contributed by atoms with Gasteiger partial charge < -0.3 is 14.2 Å². The minimum atomic E-state index is -0.620. The van der Waals surface area contributed by atoms with Crippen LogP contribution in [0.25, 0.3) is 0 Å². The number of hydrogen-bond donors (Lipinski definition) is 1. The molecule has 0 saturated carbocycles. The largest absolute Gasteiger partial charge is 0.493 e. The van der Waals surface area contributed by atoms with E-state index in [9.17, 15) is 4.79 Å². The van der Waals surface area contributed by atoms with Gasteiger partial charge in [0.25, 0.3) is 0 Å². The fourth-order valence-corrected chi connectivity index (χ4v) is 1.63. The molecule has 0 unspecified atom stereocenters. The second-order valence-electron chi connectivity index (χ2n) is 3.33. The Labute approximate surface area is 116 Å². The van der Waals surface area contributed by atoms with Gasteiger partial charge in [-0.1, -0.05) is 11.6 Å². The van der Waals surface area contributed by atoms with Crippen LogP contribution in [0.3, 0.4) is 0 Å². The second kappa shape index (κ2) is 7.48. The maximum Gasteiger partial charge on any atom is 0.427 e. The third kappa shape index (κ3) is 4.33. The first-order valence-electron chi connectivity index (χ1n) is 5.49. The van der Waals surface area contributed by atoms with Crippen molar-refractivity contribution >= 4 is 23.9 Å². The second-order valence-corrected chi connectivity index (χ2v) is 3.74. The van der Waals surface area contributed by atoms with Crippen molar-refractivity contribution in [3.8, 4) is 11.5 Å². The predicted octanol–water partition coefficient (Wildman–Crippen LogP) is 2.44. The maximum absolute atomic E-state index is 11.0. The van der Waals surface area contributed by atoms with Crippen LogP contribution in [0.4, 0.5) is 4.79 Å². The van der Waals surface area contributed by atoms with E-state index in [2.05, 4.69) is 15.3 Å². The molecule has 0 heterocycles. The molecule has 0 aliphatic heterocycles. The number of rotatable bonds is 5. The highest BCUT2D eigenvalue weighted by Gasteiger charge is 2.09. The van der Waals surface area contributed by atoms with E-state index in [0.717, 1.165) is 0 Å². The topological polar surface area (TPSA) is 69.2 Å². The van der Waals surface area contributed by atoms with Crippen molar-refractivity contribution < 1.29 is 19.0 Å². The molecule has 0 aromatic heterocycles. The van der Waals surface area contributed by atoms with Crippen LogP contribution in [0.2, 0.25) is 5.02 Å². The lowest BCUT2D eigenvalue weighted by Gasteiger charge is -2.09. The van der Waals surface area contributed by atoms with Gasteiger partial charge in [0.1, 0.15) is 0 Å². The quantitative estimate of drug-likeness (QED) is 0.667. The van der Waals surface area contributed by atoms with Gasteiger partial charge in [0.15, 0.2) is 11.5 Å². The van der Waals surface area contributed by atoms with Crippen molar-refractivity contribution in [1.82, 2.24) is 5.43 Å². The van der Waals surface area contributed by atoms with Crippen LogP contribution in [0.5, 0.6) is 11.5 Å². The van der Waals surface area contributed by atoms with Gasteiger partial charge >= 0.3 is 6.09 Å². The monoisotopic (exact) mass is 286 g/mol. The number of nitrogens with one attached hydrogen (secondary N) is 1. The highest BCUT2D eigenvalue weighted by atomic mass is 35.5. The van der Waals surface area contributed by atoms with Gasteiger partial charge in [-0.2, -0.15) is 5.10 Å². The molecule has 0 atom stereocenters. The van der Waals surface area contributed by atoms with E-state index in [-0.39, 0.29) is 6.61 Å². The molecule has 0 fully saturated rings. The highest BCUT2D eigenvalue weighted by molar-refractivity contribution is 6.32. The van der Waals surface area contributed by atoms with E-state index in [4.69, 9.17) is 21.1 Å². The minimum absolute atomic E-state index is 0.281. The Hall–Kier alpha value is -1.95. The summed E-state index contributed by atoms with van der Waals surface area (Å²) in [5.74, 6) is 0.923. The number of benzene rings is 1. The van der Waals surface area contributed by atoms with Gasteiger partial charge in [-0.25, -0.2) is 10.2 Å². The van der Waals surface area contributed by atoms with Crippen LogP contribution in [0.1, 0.15) is 12.5 Å². The zero-order valence-electron chi connectivity index (χ0n) is 10.9. The molecule has 1 amide bonds. The first-order chi connectivity index (χ1) is 9.12. The van der Waals surface area contributed by atoms with E-state index < -0.39 is 6.09 Å². The molecule has 0 spiro atoms. The fraction of sp³-hybridized carbons (Fsp3) is 0.333. The molecule has 0 aliphatic carbocycles. The minimum Gasteiger partial charge on any atom is -0.493 e. The van der Waals surface area contributed by atoms with Crippen molar-refractivity contribution in [1.29, 1.82) is 0 Å². The van der Waals surface area contributed by atoms with Gasteiger partial charge in [0.2, 0.25) is 0 Å². The first kappa shape index (κ1) is 15.1. The zero-order valence-corrected chi connectivity index (χ0v) is 11.7. The van der Waals surface area contributed by atoms with Crippen molar-refractivity contribution in [2.75, 3.05) is 20.8 Å². The molecule has 6 nitrogen and oxygen atoms in total. The Kier molecular flexibility index (Phi) is 5.95. The van der Waals surface area contributed by atoms with E-state index in [0.29, 0.717) is 22.1 Å². The summed E-state index contributed by atoms with van der Waals surface area (Å²) in [7, 11) is 3.01. The average molecular weight is 287 g/mol. The van der Waals surface area contributed by atoms with Crippen LogP contribution in [-0.4, -0.2) is 33.1 Å². The summed E-state index contributed by atoms with van der Waals surface area (Å²) in [6, 6.07) is 3.32. The summed E-state index contributed by atoms with van der Waals surface area (Å²) in [6.07, 6.45) is 0.801. The lowest BCUT2D eigenvalue weighted by molar-refractivity contribution is 0.152. The molecule has 1 rings (SSSR count). The molecule has 0 saturated heterocycles. The van der Waals surface area contributed by atoms with E-state index >= 15 is 0 Å². The molecule has 1 N–H and O–H groups in total. The van der Waals surface area contributed by atoms with Crippen molar-refractivity contribution in [2.24, 2.45) is 5.10 Å². The molecular weight excluding hydrogens is 272 g/mol. The number of hydrazone groups is 1. The summed E-state index contributed by atoms with van der Waals surface area (Å²) < 4.78 is 14.9. The Morgan fingerprint density at radius 2 is 2.16 bits per heavy atom. The summed E-state index contributed by atoms with van der Waals surface area (Å²) in [5.41, 5.74) is 2.86. The molecule has 0 bridgehead atoms. The average Bonchev–Trinajstić information content (AvgIpc) is 2.38. The summed E-state index contributed by atoms with van der Waals surface area (Å²) >= 11 is 6.03. The SMILES string of the molecule is CCOC(=O)N/N=C/c1cc(Cl)c(OC)c(OC)c1. The Balaban J connectivity index is 2.82. The van der Waals surface area contributed by atoms with Gasteiger partial charge in [0.05, 0.1) is 32.1 Å². The Morgan fingerprint density at radius 1 is 1.42 bits per heavy atom. The van der Waals surface area contributed by atoms with Gasteiger partial charge in [-0.05, 0) is 24.6 Å². The van der Waals surface area contributed by atoms with Crippen LogP contribution >= 0.6 is 11.6 Å². The number of ether oxygens (including phenoxy) is 3. The standard InChI is InChI=1S/C12H15ClN2O4/c1-4-19-12(16)15-14-7-8-5-9(13)11(18-3)10(6-8)17-2/h5-7H,4H2,1-3H3,(H,15,16)/b14-7+. The summed E-state index contributed by atoms with van der Waals surface area (Å²) in [6.45, 7) is 1.99. The van der Waals surface area contributed by atoms with Crippen molar-refractivity contribution in [3.05, 3.63) is 22.7 Å². The van der Waals surface area contributed by atoms with E-state index in [1.165, 1.54) is 20.4 Å². The maximum atomic E-state index is 11.0. The zero-order chi connectivity index (χ0) is 14.3. The first-order valence-corrected chi connectivity index (χ1v) is 5.87. The van der Waals surface area contributed by atoms with Crippen LogP contribution in [0, 0.1) is 0 Å². The molecule has 104 valence electrons.